The lowest BCUT2D eigenvalue weighted by molar-refractivity contribution is -0.140. The van der Waals surface area contributed by atoms with Crippen LogP contribution < -0.4 is 9.62 Å². The van der Waals surface area contributed by atoms with E-state index in [0.717, 1.165) is 17.7 Å². The zero-order chi connectivity index (χ0) is 31.2. The van der Waals surface area contributed by atoms with Crippen LogP contribution in [-0.4, -0.2) is 43.8 Å². The van der Waals surface area contributed by atoms with Crippen molar-refractivity contribution in [3.8, 4) is 0 Å². The molecule has 3 aromatic rings. The molecule has 0 saturated carbocycles. The average Bonchev–Trinajstić information content (AvgIpc) is 2.91. The molecule has 3 aromatic carbocycles. The van der Waals surface area contributed by atoms with Gasteiger partial charge in [0.1, 0.15) is 12.6 Å². The van der Waals surface area contributed by atoms with Crippen molar-refractivity contribution in [2.75, 3.05) is 10.8 Å². The fraction of sp³-hybridized carbons (Fsp3) is 0.333. The Morgan fingerprint density at radius 3 is 2.21 bits per heavy atom. The zero-order valence-electron chi connectivity index (χ0n) is 23.7. The number of aryl methyl sites for hydroxylation is 1. The number of nitrogens with one attached hydrogen (secondary N) is 1. The van der Waals surface area contributed by atoms with Gasteiger partial charge < -0.3 is 10.2 Å². The Kier molecular flexibility index (Phi) is 10.7. The van der Waals surface area contributed by atoms with E-state index in [1.54, 1.807) is 39.0 Å². The molecule has 226 valence electrons. The van der Waals surface area contributed by atoms with Gasteiger partial charge in [0.2, 0.25) is 11.8 Å². The number of amides is 2. The standard InChI is InChI=1S/C30H33ClF3N3O4S/c1-5-27(29(39)35-20(2)3)36(18-22-11-9-10-21(4)16-22)28(38)19-37(42(40,41)24-12-7-6-8-13-24)23-14-15-26(31)25(17-23)30(32,33)34/h6-17,20,27H,5,18-19H2,1-4H3,(H,35,39). The number of nitrogens with zero attached hydrogens (tertiary/aromatic N) is 2. The SMILES string of the molecule is CCC(C(=O)NC(C)C)N(Cc1cccc(C)c1)C(=O)CN(c1ccc(Cl)c(C(F)(F)F)c1)S(=O)(=O)c1ccccc1. The van der Waals surface area contributed by atoms with E-state index in [1.807, 2.05) is 19.1 Å². The van der Waals surface area contributed by atoms with Crippen molar-refractivity contribution in [2.24, 2.45) is 0 Å². The molecule has 1 unspecified atom stereocenters. The summed E-state index contributed by atoms with van der Waals surface area (Å²) in [7, 11) is -4.53. The van der Waals surface area contributed by atoms with Crippen LogP contribution in [0.5, 0.6) is 0 Å². The highest BCUT2D eigenvalue weighted by molar-refractivity contribution is 7.92. The van der Waals surface area contributed by atoms with Crippen molar-refractivity contribution in [3.05, 3.63) is 94.5 Å². The van der Waals surface area contributed by atoms with Crippen LogP contribution in [0.4, 0.5) is 18.9 Å². The molecule has 0 aliphatic rings. The van der Waals surface area contributed by atoms with Gasteiger partial charge in [0, 0.05) is 12.6 Å². The number of alkyl halides is 3. The molecule has 0 spiro atoms. The maximum Gasteiger partial charge on any atom is 0.417 e. The van der Waals surface area contributed by atoms with Gasteiger partial charge >= 0.3 is 6.18 Å². The third kappa shape index (κ3) is 8.04. The van der Waals surface area contributed by atoms with Crippen molar-refractivity contribution in [3.63, 3.8) is 0 Å². The van der Waals surface area contributed by atoms with Crippen molar-refractivity contribution in [1.29, 1.82) is 0 Å². The Balaban J connectivity index is 2.14. The summed E-state index contributed by atoms with van der Waals surface area (Å²) >= 11 is 5.81. The largest absolute Gasteiger partial charge is 0.417 e. The Morgan fingerprint density at radius 1 is 0.976 bits per heavy atom. The minimum atomic E-state index is -4.88. The smallest absolute Gasteiger partial charge is 0.352 e. The molecule has 7 nitrogen and oxygen atoms in total. The molecule has 1 N–H and O–H groups in total. The van der Waals surface area contributed by atoms with Crippen molar-refractivity contribution >= 4 is 39.1 Å². The van der Waals surface area contributed by atoms with Gasteiger partial charge in [-0.15, -0.1) is 0 Å². The molecule has 0 aromatic heterocycles. The number of sulfonamides is 1. The Bertz CT molecular complexity index is 1520. The van der Waals surface area contributed by atoms with E-state index >= 15 is 0 Å². The van der Waals surface area contributed by atoms with E-state index in [4.69, 9.17) is 11.6 Å². The number of benzene rings is 3. The van der Waals surface area contributed by atoms with Crippen molar-refractivity contribution in [2.45, 2.75) is 63.8 Å². The van der Waals surface area contributed by atoms with Gasteiger partial charge in [-0.1, -0.05) is 66.6 Å². The molecule has 0 saturated heterocycles. The summed E-state index contributed by atoms with van der Waals surface area (Å²) in [6, 6.07) is 15.8. The van der Waals surface area contributed by atoms with Crippen LogP contribution in [0, 0.1) is 6.92 Å². The third-order valence-corrected chi connectivity index (χ3v) is 8.52. The molecule has 0 fully saturated rings. The summed E-state index contributed by atoms with van der Waals surface area (Å²) in [5, 5.41) is 2.17. The molecular weight excluding hydrogens is 591 g/mol. The normalized spacial score (nSPS) is 12.6. The summed E-state index contributed by atoms with van der Waals surface area (Å²) in [5.74, 6) is -1.21. The van der Waals surface area contributed by atoms with E-state index in [2.05, 4.69) is 5.32 Å². The second-order valence-electron chi connectivity index (χ2n) is 10.1. The Labute approximate surface area is 249 Å². The summed E-state index contributed by atoms with van der Waals surface area (Å²) < 4.78 is 69.5. The number of rotatable bonds is 11. The fourth-order valence-corrected chi connectivity index (χ4v) is 6.09. The van der Waals surface area contributed by atoms with Crippen LogP contribution in [-0.2, 0) is 32.3 Å². The zero-order valence-corrected chi connectivity index (χ0v) is 25.2. The number of hydrogen-bond acceptors (Lipinski definition) is 4. The highest BCUT2D eigenvalue weighted by Crippen LogP contribution is 2.38. The molecule has 1 atom stereocenters. The molecule has 2 amide bonds. The molecule has 0 aliphatic heterocycles. The summed E-state index contributed by atoms with van der Waals surface area (Å²) in [5.41, 5.74) is -0.0444. The maximum atomic E-state index is 14.0. The topological polar surface area (TPSA) is 86.8 Å². The highest BCUT2D eigenvalue weighted by Gasteiger charge is 2.37. The first kappa shape index (κ1) is 32.9. The number of halogens is 4. The summed E-state index contributed by atoms with van der Waals surface area (Å²) in [6.07, 6.45) is -4.67. The van der Waals surface area contributed by atoms with Crippen LogP contribution in [0.25, 0.3) is 0 Å². The van der Waals surface area contributed by atoms with Gasteiger partial charge in [-0.3, -0.25) is 13.9 Å². The molecule has 0 radical (unpaired) electrons. The molecule has 0 bridgehead atoms. The fourth-order valence-electron chi connectivity index (χ4n) is 4.44. The molecule has 3 rings (SSSR count). The molecule has 0 aliphatic carbocycles. The first-order chi connectivity index (χ1) is 19.6. The van der Waals surface area contributed by atoms with Crippen molar-refractivity contribution in [1.82, 2.24) is 10.2 Å². The molecule has 42 heavy (non-hydrogen) atoms. The van der Waals surface area contributed by atoms with Gasteiger partial charge in [0.05, 0.1) is 21.2 Å². The first-order valence-corrected chi connectivity index (χ1v) is 15.1. The van der Waals surface area contributed by atoms with Gasteiger partial charge in [0.15, 0.2) is 0 Å². The predicted octanol–water partition coefficient (Wildman–Crippen LogP) is 6.19. The van der Waals surface area contributed by atoms with Gasteiger partial charge in [0.25, 0.3) is 10.0 Å². The number of anilines is 1. The highest BCUT2D eigenvalue weighted by atomic mass is 35.5. The number of carbonyl (C=O) groups excluding carboxylic acids is 2. The van der Waals surface area contributed by atoms with Crippen molar-refractivity contribution < 1.29 is 31.2 Å². The lowest BCUT2D eigenvalue weighted by Gasteiger charge is -2.33. The number of hydrogen-bond donors (Lipinski definition) is 1. The maximum absolute atomic E-state index is 14.0. The van der Waals surface area contributed by atoms with E-state index in [-0.39, 0.29) is 23.9 Å². The van der Waals surface area contributed by atoms with Gasteiger partial charge in [-0.05, 0) is 63.1 Å². The second kappa shape index (κ2) is 13.6. The van der Waals surface area contributed by atoms with Gasteiger partial charge in [-0.25, -0.2) is 8.42 Å². The van der Waals surface area contributed by atoms with Crippen LogP contribution in [0.15, 0.2) is 77.7 Å². The minimum Gasteiger partial charge on any atom is -0.352 e. The molecular formula is C30H33ClF3N3O4S. The Hall–Kier alpha value is -3.57. The monoisotopic (exact) mass is 623 g/mol. The lowest BCUT2D eigenvalue weighted by atomic mass is 10.1. The van der Waals surface area contributed by atoms with Crippen LogP contribution in [0.1, 0.15) is 43.9 Å². The van der Waals surface area contributed by atoms with E-state index < -0.39 is 56.9 Å². The van der Waals surface area contributed by atoms with Crippen LogP contribution in [0.3, 0.4) is 0 Å². The predicted molar refractivity (Wildman–Crippen MR) is 157 cm³/mol. The van der Waals surface area contributed by atoms with Crippen LogP contribution in [0.2, 0.25) is 5.02 Å². The third-order valence-electron chi connectivity index (χ3n) is 6.41. The van der Waals surface area contributed by atoms with E-state index in [0.29, 0.717) is 15.9 Å². The molecule has 12 heteroatoms. The summed E-state index contributed by atoms with van der Waals surface area (Å²) in [6.45, 7) is 6.22. The average molecular weight is 624 g/mol. The van der Waals surface area contributed by atoms with E-state index in [9.17, 15) is 31.2 Å². The van der Waals surface area contributed by atoms with Crippen LogP contribution >= 0.6 is 11.6 Å². The van der Waals surface area contributed by atoms with Gasteiger partial charge in [-0.2, -0.15) is 13.2 Å². The quantitative estimate of drug-likeness (QED) is 0.276. The van der Waals surface area contributed by atoms with E-state index in [1.165, 1.54) is 29.2 Å². The first-order valence-electron chi connectivity index (χ1n) is 13.2. The summed E-state index contributed by atoms with van der Waals surface area (Å²) in [4.78, 5) is 28.2. The number of carbonyl (C=O) groups is 2. The second-order valence-corrected chi connectivity index (χ2v) is 12.4. The Morgan fingerprint density at radius 2 is 1.64 bits per heavy atom. The minimum absolute atomic E-state index is 0.0296. The lowest BCUT2D eigenvalue weighted by Crippen LogP contribution is -2.53. The molecule has 0 heterocycles.